The third kappa shape index (κ3) is 3.25. The molecule has 0 fully saturated rings. The van der Waals surface area contributed by atoms with Crippen LogP contribution in [0.5, 0.6) is 0 Å². The van der Waals surface area contributed by atoms with Gasteiger partial charge in [-0.3, -0.25) is 15.1 Å². The van der Waals surface area contributed by atoms with Crippen LogP contribution in [0.4, 0.5) is 10.7 Å². The molecule has 0 saturated heterocycles. The summed E-state index contributed by atoms with van der Waals surface area (Å²) in [4.78, 5) is 41.2. The van der Waals surface area contributed by atoms with Gasteiger partial charge in [0.1, 0.15) is 16.8 Å². The van der Waals surface area contributed by atoms with Crippen LogP contribution in [-0.4, -0.2) is 27.1 Å². The zero-order chi connectivity index (χ0) is 17.1. The number of aromatic carboxylic acids is 1. The van der Waals surface area contributed by atoms with Crippen molar-refractivity contribution in [2.24, 2.45) is 0 Å². The second-order valence-corrected chi connectivity index (χ2v) is 5.61. The van der Waals surface area contributed by atoms with Crippen LogP contribution in [0.15, 0.2) is 40.5 Å². The number of H-pyrrole nitrogens is 1. The van der Waals surface area contributed by atoms with Gasteiger partial charge in [0, 0.05) is 5.38 Å². The lowest BCUT2D eigenvalue weighted by Gasteiger charge is -2.06. The Morgan fingerprint density at radius 3 is 2.75 bits per heavy atom. The molecule has 24 heavy (non-hydrogen) atoms. The molecule has 3 N–H and O–H groups in total. The number of amides is 1. The van der Waals surface area contributed by atoms with E-state index in [1.165, 1.54) is 5.38 Å². The van der Waals surface area contributed by atoms with Gasteiger partial charge in [-0.2, -0.15) is 0 Å². The molecule has 0 aliphatic carbocycles. The fourth-order valence-corrected chi connectivity index (χ4v) is 2.87. The van der Waals surface area contributed by atoms with Gasteiger partial charge >= 0.3 is 12.1 Å². The molecule has 0 bridgehead atoms. The summed E-state index contributed by atoms with van der Waals surface area (Å²) in [6, 6.07) is 9.06. The molecule has 9 heteroatoms. The van der Waals surface area contributed by atoms with E-state index in [1.54, 1.807) is 12.1 Å². The number of nitrogens with zero attached hydrogens (tertiary/aromatic N) is 1. The maximum atomic E-state index is 11.9. The number of ether oxygens (including phenoxy) is 1. The maximum absolute atomic E-state index is 11.9. The number of rotatable bonds is 4. The molecule has 8 nitrogen and oxygen atoms in total. The number of aromatic amines is 1. The normalized spacial score (nSPS) is 10.5. The minimum absolute atomic E-state index is 0.0228. The molecule has 3 rings (SSSR count). The molecule has 1 aromatic carbocycles. The van der Waals surface area contributed by atoms with Gasteiger partial charge in [-0.1, -0.05) is 30.3 Å². The van der Waals surface area contributed by atoms with E-state index in [2.05, 4.69) is 15.3 Å². The fourth-order valence-electron chi connectivity index (χ4n) is 1.99. The van der Waals surface area contributed by atoms with E-state index in [0.29, 0.717) is 0 Å². The Morgan fingerprint density at radius 2 is 2.04 bits per heavy atom. The zero-order valence-electron chi connectivity index (χ0n) is 12.1. The summed E-state index contributed by atoms with van der Waals surface area (Å²) in [5.74, 6) is -1.37. The molecule has 122 valence electrons. The fraction of sp³-hybridized carbons (Fsp3) is 0.0667. The number of carbonyl (C=O) groups is 2. The predicted octanol–water partition coefficient (Wildman–Crippen LogP) is 2.43. The van der Waals surface area contributed by atoms with Crippen molar-refractivity contribution in [3.05, 3.63) is 57.2 Å². The lowest BCUT2D eigenvalue weighted by Crippen LogP contribution is -2.19. The Labute approximate surface area is 138 Å². The summed E-state index contributed by atoms with van der Waals surface area (Å²) in [7, 11) is 0. The summed E-state index contributed by atoms with van der Waals surface area (Å²) >= 11 is 0.973. The second kappa shape index (κ2) is 6.50. The van der Waals surface area contributed by atoms with Gasteiger partial charge < -0.3 is 9.84 Å². The first-order chi connectivity index (χ1) is 11.5. The standard InChI is InChI=1S/C15H11N3O5S/c19-12-11-10(9(7-24-11)13(20)21)16-14(17-12)18-15(22)23-6-8-4-2-1-3-5-8/h1-5,7H,6H2,(H,20,21)(H2,16,17,18,19,22). The highest BCUT2D eigenvalue weighted by Crippen LogP contribution is 2.21. The zero-order valence-corrected chi connectivity index (χ0v) is 12.9. The molecule has 0 saturated carbocycles. The van der Waals surface area contributed by atoms with Crippen LogP contribution >= 0.6 is 11.3 Å². The largest absolute Gasteiger partial charge is 0.478 e. The molecule has 0 spiro atoms. The lowest BCUT2D eigenvalue weighted by molar-refractivity contribution is 0.0699. The number of carboxylic acid groups (broad SMARTS) is 1. The number of anilines is 1. The van der Waals surface area contributed by atoms with Crippen molar-refractivity contribution >= 4 is 39.6 Å². The van der Waals surface area contributed by atoms with E-state index >= 15 is 0 Å². The predicted molar refractivity (Wildman–Crippen MR) is 87.4 cm³/mol. The van der Waals surface area contributed by atoms with E-state index < -0.39 is 17.6 Å². The van der Waals surface area contributed by atoms with Crippen LogP contribution in [0.3, 0.4) is 0 Å². The SMILES string of the molecule is O=C(Nc1nc2c(C(=O)O)csc2c(=O)[nH]1)OCc1ccccc1. The maximum Gasteiger partial charge on any atom is 0.414 e. The van der Waals surface area contributed by atoms with Crippen LogP contribution < -0.4 is 10.9 Å². The first-order valence-electron chi connectivity index (χ1n) is 6.77. The first-order valence-corrected chi connectivity index (χ1v) is 7.65. The number of aromatic nitrogens is 2. The third-order valence-electron chi connectivity index (χ3n) is 3.09. The summed E-state index contributed by atoms with van der Waals surface area (Å²) in [6.45, 7) is 0.0535. The Balaban J connectivity index is 1.77. The van der Waals surface area contributed by atoms with Gasteiger partial charge in [-0.25, -0.2) is 14.6 Å². The first kappa shape index (κ1) is 15.7. The van der Waals surface area contributed by atoms with Crippen molar-refractivity contribution in [2.45, 2.75) is 6.61 Å². The van der Waals surface area contributed by atoms with Crippen molar-refractivity contribution < 1.29 is 19.4 Å². The number of nitrogens with one attached hydrogen (secondary N) is 2. The average molecular weight is 345 g/mol. The van der Waals surface area contributed by atoms with Gasteiger partial charge in [0.15, 0.2) is 0 Å². The molecule has 0 aliphatic rings. The van der Waals surface area contributed by atoms with Gasteiger partial charge in [-0.15, -0.1) is 11.3 Å². The van der Waals surface area contributed by atoms with E-state index in [1.807, 2.05) is 18.2 Å². The van der Waals surface area contributed by atoms with E-state index in [4.69, 9.17) is 9.84 Å². The van der Waals surface area contributed by atoms with Crippen molar-refractivity contribution in [1.29, 1.82) is 0 Å². The molecular formula is C15H11N3O5S. The second-order valence-electron chi connectivity index (χ2n) is 4.73. The van der Waals surface area contributed by atoms with Crippen LogP contribution in [0, 0.1) is 0 Å². The third-order valence-corrected chi connectivity index (χ3v) is 4.06. The van der Waals surface area contributed by atoms with Gasteiger partial charge in [-0.05, 0) is 5.56 Å². The van der Waals surface area contributed by atoms with E-state index in [-0.39, 0.29) is 28.3 Å². The van der Waals surface area contributed by atoms with Gasteiger partial charge in [0.2, 0.25) is 5.95 Å². The molecule has 1 amide bonds. The highest BCUT2D eigenvalue weighted by Gasteiger charge is 2.16. The van der Waals surface area contributed by atoms with E-state index in [0.717, 1.165) is 16.9 Å². The highest BCUT2D eigenvalue weighted by molar-refractivity contribution is 7.17. The Hall–Kier alpha value is -3.20. The Bertz CT molecular complexity index is 964. The van der Waals surface area contributed by atoms with Gasteiger partial charge in [0.25, 0.3) is 5.56 Å². The van der Waals surface area contributed by atoms with Crippen LogP contribution in [-0.2, 0) is 11.3 Å². The number of fused-ring (bicyclic) bond motifs is 1. The summed E-state index contributed by atoms with van der Waals surface area (Å²) in [5.41, 5.74) is 0.197. The molecule has 0 radical (unpaired) electrons. The van der Waals surface area contributed by atoms with Crippen LogP contribution in [0.1, 0.15) is 15.9 Å². The molecule has 0 unspecified atom stereocenters. The molecule has 0 atom stereocenters. The summed E-state index contributed by atoms with van der Waals surface area (Å²) in [6.07, 6.45) is -0.812. The molecule has 0 aliphatic heterocycles. The highest BCUT2D eigenvalue weighted by atomic mass is 32.1. The summed E-state index contributed by atoms with van der Waals surface area (Å²) in [5, 5.41) is 12.7. The number of carboxylic acids is 1. The number of thiophene rings is 1. The minimum atomic E-state index is -1.20. The van der Waals surface area contributed by atoms with E-state index in [9.17, 15) is 14.4 Å². The van der Waals surface area contributed by atoms with Crippen molar-refractivity contribution in [3.8, 4) is 0 Å². The molecule has 3 aromatic rings. The number of carbonyl (C=O) groups excluding carboxylic acids is 1. The Morgan fingerprint density at radius 1 is 1.29 bits per heavy atom. The molecular weight excluding hydrogens is 334 g/mol. The van der Waals surface area contributed by atoms with Crippen molar-refractivity contribution in [1.82, 2.24) is 9.97 Å². The minimum Gasteiger partial charge on any atom is -0.478 e. The monoisotopic (exact) mass is 345 g/mol. The molecule has 2 aromatic heterocycles. The Kier molecular flexibility index (Phi) is 4.25. The molecule has 2 heterocycles. The number of hydrogen-bond donors (Lipinski definition) is 3. The summed E-state index contributed by atoms with van der Waals surface area (Å²) < 4.78 is 5.19. The van der Waals surface area contributed by atoms with Crippen LogP contribution in [0.25, 0.3) is 10.2 Å². The average Bonchev–Trinajstić information content (AvgIpc) is 2.98. The lowest BCUT2D eigenvalue weighted by atomic mass is 10.2. The topological polar surface area (TPSA) is 121 Å². The van der Waals surface area contributed by atoms with Crippen molar-refractivity contribution in [3.63, 3.8) is 0 Å². The van der Waals surface area contributed by atoms with Gasteiger partial charge in [0.05, 0.1) is 5.56 Å². The smallest absolute Gasteiger partial charge is 0.414 e. The van der Waals surface area contributed by atoms with Crippen LogP contribution in [0.2, 0.25) is 0 Å². The van der Waals surface area contributed by atoms with Crippen molar-refractivity contribution in [2.75, 3.05) is 5.32 Å². The quantitative estimate of drug-likeness (QED) is 0.668. The number of benzene rings is 1. The number of hydrogen-bond acceptors (Lipinski definition) is 6.